The summed E-state index contributed by atoms with van der Waals surface area (Å²) < 4.78 is 0. The van der Waals surface area contributed by atoms with Crippen LogP contribution in [-0.4, -0.2) is 18.4 Å². The summed E-state index contributed by atoms with van der Waals surface area (Å²) in [5.74, 6) is -1.17. The third kappa shape index (κ3) is 5.68. The summed E-state index contributed by atoms with van der Waals surface area (Å²) in [5.41, 5.74) is 0.564. The Hall–Kier alpha value is -1.55. The van der Waals surface area contributed by atoms with Crippen LogP contribution in [-0.2, 0) is 4.79 Å². The van der Waals surface area contributed by atoms with Crippen LogP contribution in [0.25, 0.3) is 0 Å². The molecule has 0 aliphatic rings. The molecule has 1 N–H and O–H groups in total. The molecule has 0 saturated heterocycles. The number of carboxylic acids is 1. The number of benzene rings is 1. The monoisotopic (exact) mass is 268 g/mol. The summed E-state index contributed by atoms with van der Waals surface area (Å²) in [6, 6.07) is 6.65. The van der Waals surface area contributed by atoms with Gasteiger partial charge in [-0.25, -0.2) is 0 Å². The topological polar surface area (TPSA) is 69.2 Å². The molecule has 0 radical (unpaired) electrons. The molecule has 0 aliphatic heterocycles. The molecular formula is C13H15ClNO3-. The first-order valence-corrected chi connectivity index (χ1v) is 6.21. The predicted octanol–water partition coefficient (Wildman–Crippen LogP) is 1.38. The number of carboxylic acid groups (broad SMARTS) is 1. The summed E-state index contributed by atoms with van der Waals surface area (Å²) >= 11 is 5.72. The van der Waals surface area contributed by atoms with E-state index < -0.39 is 5.97 Å². The second-order valence-corrected chi connectivity index (χ2v) is 4.38. The maximum atomic E-state index is 11.6. The van der Waals surface area contributed by atoms with Crippen molar-refractivity contribution >= 4 is 23.5 Å². The highest BCUT2D eigenvalue weighted by molar-refractivity contribution is 6.30. The molecule has 0 atom stereocenters. The van der Waals surface area contributed by atoms with E-state index in [-0.39, 0.29) is 12.3 Å². The fourth-order valence-electron chi connectivity index (χ4n) is 1.48. The van der Waals surface area contributed by atoms with Gasteiger partial charge in [-0.1, -0.05) is 18.0 Å². The van der Waals surface area contributed by atoms with Crippen molar-refractivity contribution in [1.29, 1.82) is 0 Å². The highest BCUT2D eigenvalue weighted by atomic mass is 35.5. The van der Waals surface area contributed by atoms with Crippen LogP contribution in [0.15, 0.2) is 24.3 Å². The number of halogens is 1. The largest absolute Gasteiger partial charge is 0.550 e. The first-order valence-electron chi connectivity index (χ1n) is 5.83. The smallest absolute Gasteiger partial charge is 0.251 e. The minimum atomic E-state index is -1.03. The zero-order valence-corrected chi connectivity index (χ0v) is 10.7. The van der Waals surface area contributed by atoms with Crippen molar-refractivity contribution in [3.05, 3.63) is 34.9 Å². The van der Waals surface area contributed by atoms with Gasteiger partial charge >= 0.3 is 0 Å². The maximum Gasteiger partial charge on any atom is 0.251 e. The van der Waals surface area contributed by atoms with Crippen molar-refractivity contribution in [3.63, 3.8) is 0 Å². The highest BCUT2D eigenvalue weighted by Gasteiger charge is 2.03. The van der Waals surface area contributed by atoms with Gasteiger partial charge in [0.2, 0.25) is 0 Å². The van der Waals surface area contributed by atoms with E-state index in [1.807, 2.05) is 0 Å². The van der Waals surface area contributed by atoms with Crippen molar-refractivity contribution in [2.24, 2.45) is 0 Å². The normalized spacial score (nSPS) is 10.1. The van der Waals surface area contributed by atoms with Crippen molar-refractivity contribution < 1.29 is 14.7 Å². The van der Waals surface area contributed by atoms with Gasteiger partial charge < -0.3 is 15.2 Å². The molecule has 0 aromatic heterocycles. The summed E-state index contributed by atoms with van der Waals surface area (Å²) in [6.07, 6.45) is 2.17. The first-order chi connectivity index (χ1) is 8.59. The minimum Gasteiger partial charge on any atom is -0.550 e. The van der Waals surface area contributed by atoms with Crippen LogP contribution in [0.4, 0.5) is 0 Å². The Labute approximate surface area is 111 Å². The molecule has 0 fully saturated rings. The van der Waals surface area contributed by atoms with Crippen LogP contribution in [0, 0.1) is 0 Å². The molecule has 18 heavy (non-hydrogen) atoms. The second-order valence-electron chi connectivity index (χ2n) is 3.95. The van der Waals surface area contributed by atoms with Crippen molar-refractivity contribution in [3.8, 4) is 0 Å². The number of rotatable bonds is 7. The zero-order chi connectivity index (χ0) is 13.4. The summed E-state index contributed by atoms with van der Waals surface area (Å²) in [5, 5.41) is 13.5. The Morgan fingerprint density at radius 3 is 2.39 bits per heavy atom. The molecule has 0 spiro atoms. The van der Waals surface area contributed by atoms with Crippen LogP contribution >= 0.6 is 11.6 Å². The Bertz CT molecular complexity index is 403. The summed E-state index contributed by atoms with van der Waals surface area (Å²) in [7, 11) is 0. The molecule has 1 aromatic rings. The van der Waals surface area contributed by atoms with Gasteiger partial charge in [0.1, 0.15) is 0 Å². The number of amides is 1. The van der Waals surface area contributed by atoms with E-state index in [4.69, 9.17) is 11.6 Å². The van der Waals surface area contributed by atoms with Gasteiger partial charge in [-0.3, -0.25) is 4.79 Å². The van der Waals surface area contributed by atoms with E-state index in [0.29, 0.717) is 23.6 Å². The van der Waals surface area contributed by atoms with Crippen LogP contribution in [0.2, 0.25) is 5.02 Å². The third-order valence-electron chi connectivity index (χ3n) is 2.45. The van der Waals surface area contributed by atoms with Crippen molar-refractivity contribution in [1.82, 2.24) is 5.32 Å². The van der Waals surface area contributed by atoms with Crippen molar-refractivity contribution in [2.45, 2.75) is 25.7 Å². The number of aliphatic carboxylic acids is 1. The minimum absolute atomic E-state index is 0.0745. The van der Waals surface area contributed by atoms with Gasteiger partial charge in [-0.2, -0.15) is 0 Å². The number of unbranched alkanes of at least 4 members (excludes halogenated alkanes) is 2. The van der Waals surface area contributed by atoms with Crippen LogP contribution < -0.4 is 10.4 Å². The van der Waals surface area contributed by atoms with E-state index in [9.17, 15) is 14.7 Å². The zero-order valence-electron chi connectivity index (χ0n) is 9.95. The quantitative estimate of drug-likeness (QED) is 0.760. The van der Waals surface area contributed by atoms with E-state index in [1.165, 1.54) is 0 Å². The number of nitrogens with one attached hydrogen (secondary N) is 1. The third-order valence-corrected chi connectivity index (χ3v) is 2.70. The van der Waals surface area contributed by atoms with E-state index in [2.05, 4.69) is 5.32 Å². The average molecular weight is 269 g/mol. The molecule has 0 bridgehead atoms. The number of carbonyl (C=O) groups excluding carboxylic acids is 2. The van der Waals surface area contributed by atoms with Gasteiger partial charge in [0.15, 0.2) is 0 Å². The molecule has 1 rings (SSSR count). The second kappa shape index (κ2) is 7.71. The molecule has 98 valence electrons. The van der Waals surface area contributed by atoms with Crippen LogP contribution in [0.3, 0.4) is 0 Å². The number of hydrogen-bond acceptors (Lipinski definition) is 3. The fourth-order valence-corrected chi connectivity index (χ4v) is 1.60. The summed E-state index contributed by atoms with van der Waals surface area (Å²) in [4.78, 5) is 21.8. The Kier molecular flexibility index (Phi) is 6.22. The van der Waals surface area contributed by atoms with Gasteiger partial charge in [0.25, 0.3) is 5.91 Å². The lowest BCUT2D eigenvalue weighted by Crippen LogP contribution is -2.24. The lowest BCUT2D eigenvalue weighted by atomic mass is 10.2. The molecule has 1 amide bonds. The number of carbonyl (C=O) groups is 2. The SMILES string of the molecule is O=C([O-])CCCCCNC(=O)c1ccc(Cl)cc1. The molecule has 4 nitrogen and oxygen atoms in total. The Balaban J connectivity index is 2.17. The molecule has 0 unspecified atom stereocenters. The van der Waals surface area contributed by atoms with Crippen LogP contribution in [0.1, 0.15) is 36.0 Å². The molecule has 0 heterocycles. The summed E-state index contributed by atoms with van der Waals surface area (Å²) in [6.45, 7) is 0.536. The Morgan fingerprint density at radius 2 is 1.78 bits per heavy atom. The maximum absolute atomic E-state index is 11.6. The first kappa shape index (κ1) is 14.5. The number of hydrogen-bond donors (Lipinski definition) is 1. The van der Waals surface area contributed by atoms with E-state index >= 15 is 0 Å². The highest BCUT2D eigenvalue weighted by Crippen LogP contribution is 2.09. The standard InChI is InChI=1S/C13H16ClNO3/c14-11-7-5-10(6-8-11)13(18)15-9-3-1-2-4-12(16)17/h5-8H,1-4,9H2,(H,15,18)(H,16,17)/p-1. The predicted molar refractivity (Wildman–Crippen MR) is 67.3 cm³/mol. The lowest BCUT2D eigenvalue weighted by molar-refractivity contribution is -0.305. The van der Waals surface area contributed by atoms with Gasteiger partial charge in [0.05, 0.1) is 0 Å². The van der Waals surface area contributed by atoms with E-state index in [0.717, 1.165) is 12.8 Å². The lowest BCUT2D eigenvalue weighted by Gasteiger charge is -2.05. The molecule has 0 aliphatic carbocycles. The Morgan fingerprint density at radius 1 is 1.11 bits per heavy atom. The molecule has 0 saturated carbocycles. The van der Waals surface area contributed by atoms with Gasteiger partial charge in [0, 0.05) is 23.1 Å². The molecule has 5 heteroatoms. The average Bonchev–Trinajstić information content (AvgIpc) is 2.34. The molecular weight excluding hydrogens is 254 g/mol. The van der Waals surface area contributed by atoms with Crippen molar-refractivity contribution in [2.75, 3.05) is 6.54 Å². The van der Waals surface area contributed by atoms with Gasteiger partial charge in [-0.15, -0.1) is 0 Å². The van der Waals surface area contributed by atoms with Gasteiger partial charge in [-0.05, 0) is 43.5 Å². The fraction of sp³-hybridized carbons (Fsp3) is 0.385. The van der Waals surface area contributed by atoms with E-state index in [1.54, 1.807) is 24.3 Å². The molecule has 1 aromatic carbocycles. The van der Waals surface area contributed by atoms with Crippen LogP contribution in [0.5, 0.6) is 0 Å².